The molecular formula is C29H35ClFN5S. The fraction of sp³-hybridized carbons (Fsp3) is 0.276. The van der Waals surface area contributed by atoms with Crippen molar-refractivity contribution in [2.45, 2.75) is 51.0 Å². The molecule has 1 aliphatic heterocycles. The van der Waals surface area contributed by atoms with Crippen LogP contribution in [0.3, 0.4) is 0 Å². The summed E-state index contributed by atoms with van der Waals surface area (Å²) < 4.78 is 14.9. The van der Waals surface area contributed by atoms with Gasteiger partial charge in [0.05, 0.1) is 28.2 Å². The number of halogens is 2. The predicted molar refractivity (Wildman–Crippen MR) is 157 cm³/mol. The Hall–Kier alpha value is -2.84. The smallest absolute Gasteiger partial charge is 0.146 e. The van der Waals surface area contributed by atoms with Crippen molar-refractivity contribution in [3.63, 3.8) is 0 Å². The largest absolute Gasteiger partial charge is 0.353 e. The van der Waals surface area contributed by atoms with E-state index in [0.717, 1.165) is 74.6 Å². The molecule has 0 aromatic heterocycles. The summed E-state index contributed by atoms with van der Waals surface area (Å²) in [5.41, 5.74) is 11.7. The van der Waals surface area contributed by atoms with Gasteiger partial charge in [-0.1, -0.05) is 48.0 Å². The van der Waals surface area contributed by atoms with E-state index in [9.17, 15) is 4.39 Å². The van der Waals surface area contributed by atoms with Gasteiger partial charge in [-0.25, -0.2) is 4.39 Å². The fourth-order valence-corrected chi connectivity index (χ4v) is 4.91. The summed E-state index contributed by atoms with van der Waals surface area (Å²) in [4.78, 5) is 0.774. The van der Waals surface area contributed by atoms with E-state index in [1.807, 2.05) is 56.1 Å². The standard InChI is InChI=1S/C28H30ClFN4S.CH5N/c1-6-8-20-25(27(16(2)3)32-23-14-11-17(4)15-22(23)30)18(5)34(19-12-13-19)33-28(20)21-9-7-10-24(35-31)26(21)29;1-2/h6-7,9-11,14-15,19,32H,1,5,8,12-13,31H2,2-4H3;2H2,1H3. The molecule has 196 valence electrons. The predicted octanol–water partition coefficient (Wildman–Crippen LogP) is 7.30. The third-order valence-electron chi connectivity index (χ3n) is 6.08. The molecule has 2 aromatic rings. The normalized spacial score (nSPS) is 15.1. The van der Waals surface area contributed by atoms with Crippen molar-refractivity contribution in [2.75, 3.05) is 12.4 Å². The molecule has 0 radical (unpaired) electrons. The Labute approximate surface area is 229 Å². The summed E-state index contributed by atoms with van der Waals surface area (Å²) in [6.45, 7) is 14.3. The average Bonchev–Trinajstić information content (AvgIpc) is 3.72. The molecule has 5 nitrogen and oxygen atoms in total. The number of allylic oxidation sites excluding steroid dienone is 3. The highest BCUT2D eigenvalue weighted by atomic mass is 35.5. The van der Waals surface area contributed by atoms with Crippen LogP contribution in [0.15, 0.2) is 93.7 Å². The molecule has 2 aliphatic rings. The van der Waals surface area contributed by atoms with Gasteiger partial charge in [0.15, 0.2) is 0 Å². The number of aryl methyl sites for hydroxylation is 1. The summed E-state index contributed by atoms with van der Waals surface area (Å²) >= 11 is 7.90. The quantitative estimate of drug-likeness (QED) is 0.242. The van der Waals surface area contributed by atoms with Crippen LogP contribution in [0, 0.1) is 12.7 Å². The first-order valence-corrected chi connectivity index (χ1v) is 13.4. The second-order valence-corrected chi connectivity index (χ2v) is 10.1. The zero-order valence-electron chi connectivity index (χ0n) is 21.9. The summed E-state index contributed by atoms with van der Waals surface area (Å²) in [5, 5.41) is 16.8. The SMILES string of the molecule is C=CCC1=C(C(Nc2ccc(C)cc2F)=C(C)C)C(=C)N(C2CC2)N=C1c1cccc(SN)c1Cl.CN. The van der Waals surface area contributed by atoms with Gasteiger partial charge in [-0.15, -0.1) is 6.58 Å². The highest BCUT2D eigenvalue weighted by molar-refractivity contribution is 7.97. The Morgan fingerprint density at radius 1 is 1.27 bits per heavy atom. The third kappa shape index (κ3) is 6.18. The highest BCUT2D eigenvalue weighted by Crippen LogP contribution is 2.42. The second-order valence-electron chi connectivity index (χ2n) is 9.04. The molecule has 2 aromatic carbocycles. The minimum Gasteiger partial charge on any atom is -0.353 e. The van der Waals surface area contributed by atoms with E-state index < -0.39 is 0 Å². The lowest BCUT2D eigenvalue weighted by Gasteiger charge is -2.34. The van der Waals surface area contributed by atoms with Crippen molar-refractivity contribution in [1.29, 1.82) is 0 Å². The van der Waals surface area contributed by atoms with E-state index >= 15 is 0 Å². The molecule has 1 saturated carbocycles. The topological polar surface area (TPSA) is 79.7 Å². The van der Waals surface area contributed by atoms with Gasteiger partial charge in [-0.05, 0) is 88.4 Å². The number of rotatable bonds is 8. The summed E-state index contributed by atoms with van der Waals surface area (Å²) in [5.74, 6) is -0.306. The van der Waals surface area contributed by atoms with E-state index in [-0.39, 0.29) is 11.9 Å². The number of anilines is 1. The summed E-state index contributed by atoms with van der Waals surface area (Å²) in [6.07, 6.45) is 4.46. The Morgan fingerprint density at radius 2 is 1.97 bits per heavy atom. The minimum absolute atomic E-state index is 0.276. The van der Waals surface area contributed by atoms with Gasteiger partial charge < -0.3 is 11.1 Å². The lowest BCUT2D eigenvalue weighted by Crippen LogP contribution is -2.31. The maximum absolute atomic E-state index is 14.9. The minimum atomic E-state index is -0.306. The molecule has 1 fully saturated rings. The van der Waals surface area contributed by atoms with Crippen LogP contribution in [0.5, 0.6) is 0 Å². The molecule has 0 amide bonds. The lowest BCUT2D eigenvalue weighted by atomic mass is 9.89. The first-order valence-electron chi connectivity index (χ1n) is 12.1. The van der Waals surface area contributed by atoms with Crippen LogP contribution in [0.25, 0.3) is 0 Å². The number of nitrogens with one attached hydrogen (secondary N) is 1. The van der Waals surface area contributed by atoms with Crippen LogP contribution in [0.4, 0.5) is 10.1 Å². The molecule has 5 N–H and O–H groups in total. The van der Waals surface area contributed by atoms with E-state index in [1.54, 1.807) is 6.07 Å². The lowest BCUT2D eigenvalue weighted by molar-refractivity contribution is 0.358. The van der Waals surface area contributed by atoms with Crippen LogP contribution < -0.4 is 16.2 Å². The van der Waals surface area contributed by atoms with Gasteiger partial charge >= 0.3 is 0 Å². The van der Waals surface area contributed by atoms with E-state index in [1.165, 1.54) is 13.1 Å². The fourth-order valence-electron chi connectivity index (χ4n) is 4.19. The molecule has 0 atom stereocenters. The third-order valence-corrected chi connectivity index (χ3v) is 7.19. The van der Waals surface area contributed by atoms with Gasteiger partial charge in [-0.2, -0.15) is 5.10 Å². The zero-order valence-corrected chi connectivity index (χ0v) is 23.4. The van der Waals surface area contributed by atoms with Gasteiger partial charge in [0.1, 0.15) is 5.82 Å². The number of hydrogen-bond donors (Lipinski definition) is 3. The molecule has 0 bridgehead atoms. The van der Waals surface area contributed by atoms with Crippen molar-refractivity contribution in [2.24, 2.45) is 16.0 Å². The second kappa shape index (κ2) is 12.6. The van der Waals surface area contributed by atoms with Crippen LogP contribution in [-0.4, -0.2) is 23.8 Å². The molecule has 37 heavy (non-hydrogen) atoms. The van der Waals surface area contributed by atoms with E-state index in [4.69, 9.17) is 21.8 Å². The van der Waals surface area contributed by atoms with E-state index in [0.29, 0.717) is 17.1 Å². The molecule has 1 heterocycles. The van der Waals surface area contributed by atoms with E-state index in [2.05, 4.69) is 24.2 Å². The van der Waals surface area contributed by atoms with Crippen molar-refractivity contribution in [1.82, 2.24) is 5.01 Å². The molecular weight excluding hydrogens is 505 g/mol. The molecule has 4 rings (SSSR count). The summed E-state index contributed by atoms with van der Waals surface area (Å²) in [7, 11) is 1.50. The van der Waals surface area contributed by atoms with Crippen LogP contribution in [0.2, 0.25) is 5.02 Å². The number of hydrogen-bond acceptors (Lipinski definition) is 6. The van der Waals surface area contributed by atoms with Gasteiger partial charge in [-0.3, -0.25) is 10.1 Å². The monoisotopic (exact) mass is 539 g/mol. The maximum atomic E-state index is 14.9. The number of hydrazone groups is 1. The Balaban J connectivity index is 0.00000186. The van der Waals surface area contributed by atoms with Crippen molar-refractivity contribution in [3.05, 3.63) is 106 Å². The van der Waals surface area contributed by atoms with Crippen molar-refractivity contribution < 1.29 is 4.39 Å². The van der Waals surface area contributed by atoms with Gasteiger partial charge in [0.2, 0.25) is 0 Å². The number of nitrogens with zero attached hydrogens (tertiary/aromatic N) is 2. The summed E-state index contributed by atoms with van der Waals surface area (Å²) in [6, 6.07) is 11.2. The molecule has 8 heteroatoms. The van der Waals surface area contributed by atoms with Crippen molar-refractivity contribution in [3.8, 4) is 0 Å². The zero-order chi connectivity index (χ0) is 27.3. The Kier molecular flexibility index (Phi) is 9.79. The molecule has 0 saturated heterocycles. The number of nitrogens with two attached hydrogens (primary N) is 2. The first-order chi connectivity index (χ1) is 17.8. The first kappa shape index (κ1) is 28.7. The number of benzene rings is 2. The Bertz CT molecular complexity index is 1290. The van der Waals surface area contributed by atoms with Crippen LogP contribution in [-0.2, 0) is 0 Å². The van der Waals surface area contributed by atoms with Gasteiger partial charge in [0, 0.05) is 21.7 Å². The highest BCUT2D eigenvalue weighted by Gasteiger charge is 2.37. The van der Waals surface area contributed by atoms with Crippen LogP contribution in [0.1, 0.15) is 44.2 Å². The maximum Gasteiger partial charge on any atom is 0.146 e. The van der Waals surface area contributed by atoms with Crippen LogP contribution >= 0.6 is 23.5 Å². The molecule has 0 spiro atoms. The average molecular weight is 540 g/mol. The molecule has 0 unspecified atom stereocenters. The van der Waals surface area contributed by atoms with Gasteiger partial charge in [0.25, 0.3) is 0 Å². The Morgan fingerprint density at radius 3 is 2.54 bits per heavy atom. The molecule has 1 aliphatic carbocycles. The van der Waals surface area contributed by atoms with Crippen molar-refractivity contribution >= 4 is 34.9 Å².